The molecule has 0 saturated heterocycles. The summed E-state index contributed by atoms with van der Waals surface area (Å²) in [6, 6.07) is -0.00195. The zero-order valence-corrected chi connectivity index (χ0v) is 13.4. The Hall–Kier alpha value is -1.21. The molecule has 0 amide bonds. The first-order valence-electron chi connectivity index (χ1n) is 7.01. The van der Waals surface area contributed by atoms with Crippen LogP contribution in [-0.2, 0) is 10.0 Å². The van der Waals surface area contributed by atoms with Gasteiger partial charge in [-0.2, -0.15) is 4.31 Å². The van der Waals surface area contributed by atoms with E-state index in [0.29, 0.717) is 5.95 Å². The molecule has 0 unspecified atom stereocenters. The van der Waals surface area contributed by atoms with Gasteiger partial charge in [0, 0.05) is 19.6 Å². The van der Waals surface area contributed by atoms with Gasteiger partial charge in [-0.15, -0.1) is 0 Å². The average molecular weight is 300 g/mol. The lowest BCUT2D eigenvalue weighted by molar-refractivity contribution is 0.349. The second-order valence-electron chi connectivity index (χ2n) is 4.66. The van der Waals surface area contributed by atoms with E-state index in [-0.39, 0.29) is 10.9 Å². The van der Waals surface area contributed by atoms with Crippen LogP contribution in [0.1, 0.15) is 40.0 Å². The number of anilines is 1. The van der Waals surface area contributed by atoms with Crippen molar-refractivity contribution in [1.29, 1.82) is 0 Å². The molecular formula is C13H24N4O2S. The molecule has 0 spiro atoms. The van der Waals surface area contributed by atoms with Crippen LogP contribution in [0.15, 0.2) is 17.3 Å². The molecule has 20 heavy (non-hydrogen) atoms. The van der Waals surface area contributed by atoms with Crippen LogP contribution in [0.25, 0.3) is 0 Å². The second kappa shape index (κ2) is 7.54. The van der Waals surface area contributed by atoms with E-state index in [4.69, 9.17) is 0 Å². The molecule has 1 aromatic heterocycles. The van der Waals surface area contributed by atoms with Gasteiger partial charge in [0.05, 0.1) is 12.4 Å². The van der Waals surface area contributed by atoms with Crippen molar-refractivity contribution in [1.82, 2.24) is 14.3 Å². The second-order valence-corrected chi connectivity index (χ2v) is 6.66. The molecular weight excluding hydrogens is 276 g/mol. The zero-order chi connectivity index (χ0) is 15.2. The fourth-order valence-corrected chi connectivity index (χ4v) is 3.34. The van der Waals surface area contributed by atoms with E-state index >= 15 is 0 Å². The van der Waals surface area contributed by atoms with Gasteiger partial charge in [0.15, 0.2) is 0 Å². The van der Waals surface area contributed by atoms with E-state index in [1.54, 1.807) is 7.05 Å². The Kier molecular flexibility index (Phi) is 6.35. The molecule has 0 fully saturated rings. The molecule has 0 aromatic carbocycles. The molecule has 0 aliphatic rings. The summed E-state index contributed by atoms with van der Waals surface area (Å²) in [6.45, 7) is 6.76. The molecule has 0 saturated carbocycles. The maximum absolute atomic E-state index is 12.4. The minimum absolute atomic E-state index is 0.00195. The van der Waals surface area contributed by atoms with Crippen molar-refractivity contribution in [3.05, 3.63) is 12.4 Å². The first-order valence-corrected chi connectivity index (χ1v) is 8.45. The van der Waals surface area contributed by atoms with Gasteiger partial charge < -0.3 is 5.32 Å². The van der Waals surface area contributed by atoms with Crippen LogP contribution in [0.4, 0.5) is 5.95 Å². The number of aromatic nitrogens is 2. The lowest BCUT2D eigenvalue weighted by Crippen LogP contribution is -2.36. The Morgan fingerprint density at radius 3 is 2.20 bits per heavy atom. The van der Waals surface area contributed by atoms with Gasteiger partial charge in [0.2, 0.25) is 16.0 Å². The summed E-state index contributed by atoms with van der Waals surface area (Å²) >= 11 is 0. The van der Waals surface area contributed by atoms with Gasteiger partial charge in [-0.1, -0.05) is 20.8 Å². The van der Waals surface area contributed by atoms with Crippen molar-refractivity contribution < 1.29 is 8.42 Å². The van der Waals surface area contributed by atoms with Crippen molar-refractivity contribution in [2.24, 2.45) is 0 Å². The van der Waals surface area contributed by atoms with Crippen molar-refractivity contribution >= 4 is 16.0 Å². The molecule has 0 bridgehead atoms. The van der Waals surface area contributed by atoms with Crippen molar-refractivity contribution in [2.45, 2.75) is 51.0 Å². The summed E-state index contributed by atoms with van der Waals surface area (Å²) in [4.78, 5) is 8.23. The first kappa shape index (κ1) is 16.8. The smallest absolute Gasteiger partial charge is 0.246 e. The minimum atomic E-state index is -3.52. The highest BCUT2D eigenvalue weighted by molar-refractivity contribution is 7.89. The Bertz CT molecular complexity index is 498. The van der Waals surface area contributed by atoms with E-state index in [2.05, 4.69) is 15.3 Å². The molecule has 0 aliphatic heterocycles. The summed E-state index contributed by atoms with van der Waals surface area (Å²) in [7, 11) is -1.91. The summed E-state index contributed by atoms with van der Waals surface area (Å²) in [6.07, 6.45) is 5.24. The molecule has 1 heterocycles. The summed E-state index contributed by atoms with van der Waals surface area (Å²) in [5.41, 5.74) is 0. The number of rotatable bonds is 8. The highest BCUT2D eigenvalue weighted by atomic mass is 32.2. The first-order chi connectivity index (χ1) is 9.47. The van der Waals surface area contributed by atoms with E-state index in [1.807, 2.05) is 20.8 Å². The number of hydrogen-bond donors (Lipinski definition) is 1. The quantitative estimate of drug-likeness (QED) is 0.796. The predicted molar refractivity (Wildman–Crippen MR) is 80.1 cm³/mol. The molecule has 1 N–H and O–H groups in total. The van der Waals surface area contributed by atoms with E-state index in [9.17, 15) is 8.42 Å². The van der Waals surface area contributed by atoms with Crippen molar-refractivity contribution in [3.63, 3.8) is 0 Å². The molecule has 6 nitrogen and oxygen atoms in total. The van der Waals surface area contributed by atoms with Gasteiger partial charge >= 0.3 is 0 Å². The third-order valence-electron chi connectivity index (χ3n) is 3.29. The Morgan fingerprint density at radius 2 is 1.75 bits per heavy atom. The zero-order valence-electron chi connectivity index (χ0n) is 12.6. The largest absolute Gasteiger partial charge is 0.354 e. The molecule has 7 heteroatoms. The maximum atomic E-state index is 12.4. The van der Waals surface area contributed by atoms with Crippen LogP contribution < -0.4 is 5.32 Å². The van der Waals surface area contributed by atoms with Gasteiger partial charge in [-0.05, 0) is 19.3 Å². The van der Waals surface area contributed by atoms with Crippen LogP contribution >= 0.6 is 0 Å². The summed E-state index contributed by atoms with van der Waals surface area (Å²) in [5.74, 6) is 0.455. The summed E-state index contributed by atoms with van der Waals surface area (Å²) < 4.78 is 26.3. The van der Waals surface area contributed by atoms with E-state index in [0.717, 1.165) is 25.8 Å². The fourth-order valence-electron chi connectivity index (χ4n) is 1.94. The Morgan fingerprint density at radius 1 is 1.20 bits per heavy atom. The topological polar surface area (TPSA) is 75.2 Å². The summed E-state index contributed by atoms with van der Waals surface area (Å²) in [5, 5.41) is 3.02. The van der Waals surface area contributed by atoms with Gasteiger partial charge in [0.1, 0.15) is 4.90 Å². The van der Waals surface area contributed by atoms with Crippen molar-refractivity contribution in [2.75, 3.05) is 18.9 Å². The number of nitrogens with one attached hydrogen (secondary N) is 1. The molecule has 0 radical (unpaired) electrons. The van der Waals surface area contributed by atoms with E-state index in [1.165, 1.54) is 16.7 Å². The van der Waals surface area contributed by atoms with Crippen LogP contribution in [0.2, 0.25) is 0 Å². The normalized spacial score (nSPS) is 12.1. The number of hydrogen-bond acceptors (Lipinski definition) is 5. The Labute approximate surface area is 121 Å². The van der Waals surface area contributed by atoms with Gasteiger partial charge in [-0.3, -0.25) is 0 Å². The molecule has 1 rings (SSSR count). The van der Waals surface area contributed by atoms with Crippen molar-refractivity contribution in [3.8, 4) is 0 Å². The highest BCUT2D eigenvalue weighted by Crippen LogP contribution is 2.18. The lowest BCUT2D eigenvalue weighted by Gasteiger charge is -2.25. The molecule has 0 atom stereocenters. The molecule has 1 aromatic rings. The highest BCUT2D eigenvalue weighted by Gasteiger charge is 2.26. The third-order valence-corrected chi connectivity index (χ3v) is 5.16. The van der Waals surface area contributed by atoms with Crippen LogP contribution in [0.5, 0.6) is 0 Å². The SMILES string of the molecule is CCCNc1ncc(S(=O)(=O)N(C)C(CC)CC)cn1. The number of nitrogens with zero attached hydrogens (tertiary/aromatic N) is 3. The molecule has 114 valence electrons. The predicted octanol–water partition coefficient (Wildman–Crippen LogP) is 2.11. The number of sulfonamides is 1. The maximum Gasteiger partial charge on any atom is 0.246 e. The fraction of sp³-hybridized carbons (Fsp3) is 0.692. The monoisotopic (exact) mass is 300 g/mol. The lowest BCUT2D eigenvalue weighted by atomic mass is 10.2. The minimum Gasteiger partial charge on any atom is -0.354 e. The van der Waals surface area contributed by atoms with Crippen LogP contribution in [0, 0.1) is 0 Å². The molecule has 0 aliphatic carbocycles. The standard InChI is InChI=1S/C13H24N4O2S/c1-5-8-14-13-15-9-12(10-16-13)20(18,19)17(4)11(6-2)7-3/h9-11H,5-8H2,1-4H3,(H,14,15,16). The van der Waals surface area contributed by atoms with Gasteiger partial charge in [0.25, 0.3) is 0 Å². The van der Waals surface area contributed by atoms with Crippen LogP contribution in [-0.4, -0.2) is 42.3 Å². The van der Waals surface area contributed by atoms with E-state index < -0.39 is 10.0 Å². The Balaban J connectivity index is 2.92. The average Bonchev–Trinajstić information content (AvgIpc) is 2.46. The van der Waals surface area contributed by atoms with Crippen LogP contribution in [0.3, 0.4) is 0 Å². The van der Waals surface area contributed by atoms with Gasteiger partial charge in [-0.25, -0.2) is 18.4 Å². The third kappa shape index (κ3) is 3.89.